The van der Waals surface area contributed by atoms with Gasteiger partial charge in [0.25, 0.3) is 0 Å². The number of aromatic nitrogens is 4. The molecule has 3 aromatic heterocycles. The summed E-state index contributed by atoms with van der Waals surface area (Å²) >= 11 is 1.72. The standard InChI is InChI=1S/C17H20N6OS/c1-18-17-16(19-4-5-20-17)13-11-23(6-7-24-13)10-12-9-21-22-15(12)14-3-2-8-25-14/h2-5,8-9,13H,6-7,10-11H2,1H3,(H,18,20)(H,21,22)/t13-/m1/s1. The van der Waals surface area contributed by atoms with E-state index in [1.54, 1.807) is 23.7 Å². The molecule has 0 aliphatic carbocycles. The number of morpholine rings is 1. The Balaban J connectivity index is 1.50. The summed E-state index contributed by atoms with van der Waals surface area (Å²) in [5.74, 6) is 0.775. The van der Waals surface area contributed by atoms with E-state index in [9.17, 15) is 0 Å². The van der Waals surface area contributed by atoms with E-state index in [4.69, 9.17) is 4.74 Å². The van der Waals surface area contributed by atoms with Crippen LogP contribution in [0.15, 0.2) is 36.1 Å². The minimum atomic E-state index is -0.0815. The number of nitrogens with one attached hydrogen (secondary N) is 2. The molecule has 3 aromatic rings. The molecule has 1 saturated heterocycles. The summed E-state index contributed by atoms with van der Waals surface area (Å²) in [7, 11) is 1.85. The Morgan fingerprint density at radius 2 is 2.32 bits per heavy atom. The van der Waals surface area contributed by atoms with Crippen molar-refractivity contribution >= 4 is 17.2 Å². The first kappa shape index (κ1) is 16.2. The fourth-order valence-corrected chi connectivity index (χ4v) is 3.85. The number of anilines is 1. The molecular formula is C17H20N6OS. The van der Waals surface area contributed by atoms with E-state index in [1.165, 1.54) is 10.4 Å². The maximum atomic E-state index is 5.95. The predicted octanol–water partition coefficient (Wildman–Crippen LogP) is 2.54. The van der Waals surface area contributed by atoms with Crippen molar-refractivity contribution in [3.05, 3.63) is 47.4 Å². The van der Waals surface area contributed by atoms with Crippen molar-refractivity contribution in [3.8, 4) is 10.6 Å². The topological polar surface area (TPSA) is 79.0 Å². The molecule has 0 amide bonds. The molecule has 0 radical (unpaired) electrons. The van der Waals surface area contributed by atoms with Crippen LogP contribution >= 0.6 is 11.3 Å². The van der Waals surface area contributed by atoms with E-state index < -0.39 is 0 Å². The van der Waals surface area contributed by atoms with Gasteiger partial charge in [0.2, 0.25) is 0 Å². The van der Waals surface area contributed by atoms with Crippen molar-refractivity contribution in [1.82, 2.24) is 25.1 Å². The molecule has 0 saturated carbocycles. The van der Waals surface area contributed by atoms with Gasteiger partial charge < -0.3 is 10.1 Å². The second-order valence-corrected chi connectivity index (χ2v) is 6.83. The van der Waals surface area contributed by atoms with Crippen LogP contribution in [0, 0.1) is 0 Å². The Morgan fingerprint density at radius 1 is 1.40 bits per heavy atom. The number of H-pyrrole nitrogens is 1. The van der Waals surface area contributed by atoms with Crippen LogP contribution in [-0.2, 0) is 11.3 Å². The highest BCUT2D eigenvalue weighted by atomic mass is 32.1. The highest BCUT2D eigenvalue weighted by molar-refractivity contribution is 7.13. The predicted molar refractivity (Wildman–Crippen MR) is 97.4 cm³/mol. The van der Waals surface area contributed by atoms with Gasteiger partial charge >= 0.3 is 0 Å². The van der Waals surface area contributed by atoms with Gasteiger partial charge in [0.15, 0.2) is 0 Å². The summed E-state index contributed by atoms with van der Waals surface area (Å²) < 4.78 is 5.95. The Kier molecular flexibility index (Phi) is 4.73. The molecule has 130 valence electrons. The lowest BCUT2D eigenvalue weighted by Gasteiger charge is -2.32. The number of aromatic amines is 1. The monoisotopic (exact) mass is 356 g/mol. The van der Waals surface area contributed by atoms with Crippen LogP contribution in [0.5, 0.6) is 0 Å². The van der Waals surface area contributed by atoms with Crippen LogP contribution < -0.4 is 5.32 Å². The molecule has 0 spiro atoms. The summed E-state index contributed by atoms with van der Waals surface area (Å²) in [5.41, 5.74) is 3.17. The number of thiophene rings is 1. The smallest absolute Gasteiger partial charge is 0.150 e. The van der Waals surface area contributed by atoms with Crippen molar-refractivity contribution in [2.24, 2.45) is 0 Å². The molecule has 1 aliphatic heterocycles. The molecule has 0 bridgehead atoms. The molecule has 1 fully saturated rings. The van der Waals surface area contributed by atoms with Gasteiger partial charge in [-0.15, -0.1) is 11.3 Å². The average Bonchev–Trinajstić information content (AvgIpc) is 3.33. The largest absolute Gasteiger partial charge is 0.372 e. The normalized spacial score (nSPS) is 18.4. The lowest BCUT2D eigenvalue weighted by Crippen LogP contribution is -2.38. The first-order valence-electron chi connectivity index (χ1n) is 8.24. The summed E-state index contributed by atoms with van der Waals surface area (Å²) in [5, 5.41) is 12.5. The second-order valence-electron chi connectivity index (χ2n) is 5.88. The third-order valence-electron chi connectivity index (χ3n) is 4.30. The van der Waals surface area contributed by atoms with E-state index in [0.717, 1.165) is 36.8 Å². The lowest BCUT2D eigenvalue weighted by atomic mass is 10.1. The molecule has 2 N–H and O–H groups in total. The van der Waals surface area contributed by atoms with E-state index >= 15 is 0 Å². The second kappa shape index (κ2) is 7.30. The van der Waals surface area contributed by atoms with Gasteiger partial charge in [-0.05, 0) is 11.4 Å². The van der Waals surface area contributed by atoms with Crippen molar-refractivity contribution in [1.29, 1.82) is 0 Å². The van der Waals surface area contributed by atoms with Gasteiger partial charge in [0.05, 0.1) is 23.4 Å². The molecule has 4 heterocycles. The molecule has 25 heavy (non-hydrogen) atoms. The lowest BCUT2D eigenvalue weighted by molar-refractivity contribution is -0.0347. The van der Waals surface area contributed by atoms with Gasteiger partial charge in [-0.3, -0.25) is 15.0 Å². The molecular weight excluding hydrogens is 336 g/mol. The fourth-order valence-electron chi connectivity index (χ4n) is 3.09. The highest BCUT2D eigenvalue weighted by Gasteiger charge is 2.26. The summed E-state index contributed by atoms with van der Waals surface area (Å²) in [6.07, 6.45) is 5.24. The van der Waals surface area contributed by atoms with Crippen LogP contribution in [-0.4, -0.2) is 51.8 Å². The van der Waals surface area contributed by atoms with E-state index in [-0.39, 0.29) is 6.10 Å². The molecule has 0 unspecified atom stereocenters. The van der Waals surface area contributed by atoms with Crippen LogP contribution in [0.1, 0.15) is 17.4 Å². The zero-order valence-corrected chi connectivity index (χ0v) is 14.8. The summed E-state index contributed by atoms with van der Waals surface area (Å²) in [6, 6.07) is 4.17. The molecule has 1 atom stereocenters. The van der Waals surface area contributed by atoms with Crippen molar-refractivity contribution < 1.29 is 4.74 Å². The summed E-state index contributed by atoms with van der Waals surface area (Å²) in [4.78, 5) is 12.4. The Hall–Kier alpha value is -2.29. The molecule has 0 aromatic carbocycles. The number of ether oxygens (including phenoxy) is 1. The van der Waals surface area contributed by atoms with Gasteiger partial charge in [0.1, 0.15) is 17.6 Å². The first-order valence-corrected chi connectivity index (χ1v) is 9.12. The molecule has 4 rings (SSSR count). The maximum Gasteiger partial charge on any atom is 0.150 e. The number of hydrogen-bond acceptors (Lipinski definition) is 7. The average molecular weight is 356 g/mol. The zero-order valence-electron chi connectivity index (χ0n) is 14.0. The minimum Gasteiger partial charge on any atom is -0.372 e. The number of hydrogen-bond donors (Lipinski definition) is 2. The minimum absolute atomic E-state index is 0.0815. The Morgan fingerprint density at radius 3 is 3.16 bits per heavy atom. The van der Waals surface area contributed by atoms with Crippen molar-refractivity contribution in [3.63, 3.8) is 0 Å². The first-order chi connectivity index (χ1) is 12.3. The van der Waals surface area contributed by atoms with Crippen LogP contribution in [0.2, 0.25) is 0 Å². The van der Waals surface area contributed by atoms with Crippen molar-refractivity contribution in [2.45, 2.75) is 12.6 Å². The van der Waals surface area contributed by atoms with Gasteiger partial charge in [-0.1, -0.05) is 6.07 Å². The number of rotatable bonds is 5. The van der Waals surface area contributed by atoms with E-state index in [2.05, 4.69) is 47.9 Å². The Bertz CT molecular complexity index is 818. The quantitative estimate of drug-likeness (QED) is 0.731. The highest BCUT2D eigenvalue weighted by Crippen LogP contribution is 2.29. The van der Waals surface area contributed by atoms with Gasteiger partial charge in [-0.25, -0.2) is 4.98 Å². The van der Waals surface area contributed by atoms with Crippen LogP contribution in [0.25, 0.3) is 10.6 Å². The Labute approximate surface area is 150 Å². The van der Waals surface area contributed by atoms with Crippen LogP contribution in [0.3, 0.4) is 0 Å². The number of nitrogens with zero attached hydrogens (tertiary/aromatic N) is 4. The maximum absolute atomic E-state index is 5.95. The van der Waals surface area contributed by atoms with Crippen LogP contribution in [0.4, 0.5) is 5.82 Å². The molecule has 1 aliphatic rings. The molecule has 8 heteroatoms. The van der Waals surface area contributed by atoms with E-state index in [0.29, 0.717) is 6.61 Å². The van der Waals surface area contributed by atoms with Gasteiger partial charge in [-0.2, -0.15) is 5.10 Å². The fraction of sp³-hybridized carbons (Fsp3) is 0.353. The third kappa shape index (κ3) is 3.41. The van der Waals surface area contributed by atoms with Gasteiger partial charge in [0, 0.05) is 44.6 Å². The zero-order chi connectivity index (χ0) is 17.1. The third-order valence-corrected chi connectivity index (χ3v) is 5.19. The van der Waals surface area contributed by atoms with E-state index in [1.807, 2.05) is 13.2 Å². The SMILES string of the molecule is CNc1nccnc1[C@H]1CN(Cc2cn[nH]c2-c2cccs2)CCO1. The summed E-state index contributed by atoms with van der Waals surface area (Å²) in [6.45, 7) is 3.18. The van der Waals surface area contributed by atoms with Crippen molar-refractivity contribution in [2.75, 3.05) is 32.1 Å². The molecule has 7 nitrogen and oxygen atoms in total.